The molecule has 1 N–H and O–H groups in total. The Hall–Kier alpha value is -0.820. The molecule has 1 heteroatoms. The van der Waals surface area contributed by atoms with E-state index >= 15 is 0 Å². The molecule has 76 valence electrons. The maximum Gasteiger partial charge on any atom is 0.0690 e. The topological polar surface area (TPSA) is 20.2 Å². The van der Waals surface area contributed by atoms with Crippen LogP contribution in [0.5, 0.6) is 0 Å². The molecule has 0 heterocycles. The Morgan fingerprint density at radius 2 is 1.64 bits per heavy atom. The van der Waals surface area contributed by atoms with Gasteiger partial charge >= 0.3 is 0 Å². The van der Waals surface area contributed by atoms with Crippen molar-refractivity contribution in [1.29, 1.82) is 0 Å². The summed E-state index contributed by atoms with van der Waals surface area (Å²) in [6.45, 7) is 6.40. The van der Waals surface area contributed by atoms with Gasteiger partial charge < -0.3 is 5.11 Å². The van der Waals surface area contributed by atoms with Gasteiger partial charge in [-0.2, -0.15) is 0 Å². The minimum atomic E-state index is -0.369. The maximum atomic E-state index is 9.87. The van der Waals surface area contributed by atoms with E-state index in [0.29, 0.717) is 0 Å². The fourth-order valence-corrected chi connectivity index (χ4v) is 1.89. The molecule has 2 rings (SSSR count). The number of aliphatic hydroxyl groups is 1. The first-order valence-corrected chi connectivity index (χ1v) is 5.29. The molecule has 0 saturated heterocycles. The molecule has 0 aromatic heterocycles. The lowest BCUT2D eigenvalue weighted by atomic mass is 9.96. The first-order chi connectivity index (χ1) is 6.50. The summed E-state index contributed by atoms with van der Waals surface area (Å²) in [7, 11) is 0. The lowest BCUT2D eigenvalue weighted by Gasteiger charge is -2.12. The van der Waals surface area contributed by atoms with Crippen LogP contribution < -0.4 is 0 Å². The molecule has 0 amide bonds. The number of benzene rings is 1. The summed E-state index contributed by atoms with van der Waals surface area (Å²) in [6.07, 6.45) is 2.78. The maximum absolute atomic E-state index is 9.87. The molecule has 0 radical (unpaired) electrons. The zero-order chi connectivity index (χ0) is 10.3. The second kappa shape index (κ2) is 3.09. The van der Waals surface area contributed by atoms with Crippen LogP contribution in [-0.2, 0) is 6.42 Å². The van der Waals surface area contributed by atoms with Gasteiger partial charge in [0, 0.05) is 6.42 Å². The molecule has 0 atom stereocenters. The molecule has 1 aromatic rings. The molecule has 0 spiro atoms. The van der Waals surface area contributed by atoms with Gasteiger partial charge in [0.05, 0.1) is 5.60 Å². The van der Waals surface area contributed by atoms with Crippen molar-refractivity contribution in [2.75, 3.05) is 0 Å². The van der Waals surface area contributed by atoms with E-state index in [0.717, 1.165) is 19.3 Å². The summed E-state index contributed by atoms with van der Waals surface area (Å²) in [5.41, 5.74) is 4.93. The van der Waals surface area contributed by atoms with Crippen molar-refractivity contribution < 1.29 is 5.11 Å². The fourth-order valence-electron chi connectivity index (χ4n) is 1.89. The SMILES string of the molecule is Cc1cc(C)c(CC2(O)CC2)cc1C. The largest absolute Gasteiger partial charge is 0.390 e. The Labute approximate surface area is 85.8 Å². The van der Waals surface area contributed by atoms with Crippen LogP contribution in [0.3, 0.4) is 0 Å². The Morgan fingerprint density at radius 1 is 1.07 bits per heavy atom. The van der Waals surface area contributed by atoms with Crippen LogP contribution in [0, 0.1) is 20.8 Å². The van der Waals surface area contributed by atoms with E-state index in [4.69, 9.17) is 0 Å². The van der Waals surface area contributed by atoms with Crippen LogP contribution in [0.15, 0.2) is 12.1 Å². The molecular weight excluding hydrogens is 172 g/mol. The summed E-state index contributed by atoms with van der Waals surface area (Å²) in [4.78, 5) is 0. The smallest absolute Gasteiger partial charge is 0.0690 e. The first-order valence-electron chi connectivity index (χ1n) is 5.29. The van der Waals surface area contributed by atoms with E-state index in [1.807, 2.05) is 0 Å². The van der Waals surface area contributed by atoms with Gasteiger partial charge in [0.2, 0.25) is 0 Å². The van der Waals surface area contributed by atoms with Gasteiger partial charge in [-0.25, -0.2) is 0 Å². The number of aryl methyl sites for hydroxylation is 3. The molecular formula is C13H18O. The second-order valence-electron chi connectivity index (χ2n) is 4.76. The molecule has 1 aliphatic rings. The second-order valence-corrected chi connectivity index (χ2v) is 4.76. The highest BCUT2D eigenvalue weighted by Crippen LogP contribution is 2.39. The molecule has 14 heavy (non-hydrogen) atoms. The van der Waals surface area contributed by atoms with Crippen molar-refractivity contribution in [2.24, 2.45) is 0 Å². The highest BCUT2D eigenvalue weighted by molar-refractivity contribution is 5.37. The van der Waals surface area contributed by atoms with Crippen molar-refractivity contribution in [3.8, 4) is 0 Å². The van der Waals surface area contributed by atoms with Gasteiger partial charge in [0.15, 0.2) is 0 Å². The zero-order valence-corrected chi connectivity index (χ0v) is 9.22. The van der Waals surface area contributed by atoms with Crippen molar-refractivity contribution in [3.63, 3.8) is 0 Å². The van der Waals surface area contributed by atoms with E-state index in [9.17, 15) is 5.11 Å². The number of rotatable bonds is 2. The third-order valence-electron chi connectivity index (χ3n) is 3.30. The van der Waals surface area contributed by atoms with E-state index in [-0.39, 0.29) is 5.60 Å². The van der Waals surface area contributed by atoms with Gasteiger partial charge in [-0.1, -0.05) is 12.1 Å². The van der Waals surface area contributed by atoms with E-state index in [2.05, 4.69) is 32.9 Å². The van der Waals surface area contributed by atoms with E-state index in [1.54, 1.807) is 0 Å². The summed E-state index contributed by atoms with van der Waals surface area (Å²) >= 11 is 0. The van der Waals surface area contributed by atoms with Crippen molar-refractivity contribution in [1.82, 2.24) is 0 Å². The molecule has 0 unspecified atom stereocenters. The van der Waals surface area contributed by atoms with Gasteiger partial charge in [-0.05, 0) is 55.9 Å². The highest BCUT2D eigenvalue weighted by Gasteiger charge is 2.40. The molecule has 0 aliphatic heterocycles. The highest BCUT2D eigenvalue weighted by atomic mass is 16.3. The third kappa shape index (κ3) is 1.83. The average molecular weight is 190 g/mol. The number of hydrogen-bond donors (Lipinski definition) is 1. The van der Waals surface area contributed by atoms with Gasteiger partial charge in [0.1, 0.15) is 0 Å². The Balaban J connectivity index is 2.29. The third-order valence-corrected chi connectivity index (χ3v) is 3.30. The Bertz CT molecular complexity index is 362. The molecule has 1 saturated carbocycles. The van der Waals surface area contributed by atoms with Crippen LogP contribution >= 0.6 is 0 Å². The Kier molecular flexibility index (Phi) is 2.15. The van der Waals surface area contributed by atoms with Crippen LogP contribution in [0.4, 0.5) is 0 Å². The van der Waals surface area contributed by atoms with Crippen LogP contribution in [0.25, 0.3) is 0 Å². The zero-order valence-electron chi connectivity index (χ0n) is 9.22. The van der Waals surface area contributed by atoms with Crippen molar-refractivity contribution >= 4 is 0 Å². The molecule has 1 aromatic carbocycles. The fraction of sp³-hybridized carbons (Fsp3) is 0.538. The molecule has 1 fully saturated rings. The summed E-state index contributed by atoms with van der Waals surface area (Å²) in [6, 6.07) is 4.44. The molecule has 1 nitrogen and oxygen atoms in total. The van der Waals surface area contributed by atoms with Crippen LogP contribution in [-0.4, -0.2) is 10.7 Å². The van der Waals surface area contributed by atoms with Gasteiger partial charge in [-0.3, -0.25) is 0 Å². The lowest BCUT2D eigenvalue weighted by Crippen LogP contribution is -2.12. The number of hydrogen-bond acceptors (Lipinski definition) is 1. The average Bonchev–Trinajstić information content (AvgIpc) is 2.80. The summed E-state index contributed by atoms with van der Waals surface area (Å²) < 4.78 is 0. The van der Waals surface area contributed by atoms with Crippen molar-refractivity contribution in [3.05, 3.63) is 34.4 Å². The van der Waals surface area contributed by atoms with E-state index in [1.165, 1.54) is 22.3 Å². The van der Waals surface area contributed by atoms with E-state index < -0.39 is 0 Å². The first kappa shape index (κ1) is 9.72. The molecule has 0 bridgehead atoms. The normalized spacial score (nSPS) is 18.3. The molecule has 1 aliphatic carbocycles. The van der Waals surface area contributed by atoms with Crippen LogP contribution in [0.2, 0.25) is 0 Å². The predicted octanol–water partition coefficient (Wildman–Crippen LogP) is 2.68. The monoisotopic (exact) mass is 190 g/mol. The summed E-state index contributed by atoms with van der Waals surface area (Å²) in [5.74, 6) is 0. The van der Waals surface area contributed by atoms with Gasteiger partial charge in [0.25, 0.3) is 0 Å². The summed E-state index contributed by atoms with van der Waals surface area (Å²) in [5, 5.41) is 9.87. The lowest BCUT2D eigenvalue weighted by molar-refractivity contribution is 0.151. The standard InChI is InChI=1S/C13H18O/c1-9-6-11(3)12(7-10(9)2)8-13(14)4-5-13/h6-7,14H,4-5,8H2,1-3H3. The van der Waals surface area contributed by atoms with Crippen molar-refractivity contribution in [2.45, 2.75) is 45.6 Å². The predicted molar refractivity (Wildman–Crippen MR) is 58.5 cm³/mol. The quantitative estimate of drug-likeness (QED) is 0.760. The van der Waals surface area contributed by atoms with Crippen LogP contribution in [0.1, 0.15) is 35.1 Å². The van der Waals surface area contributed by atoms with Gasteiger partial charge in [-0.15, -0.1) is 0 Å². The minimum Gasteiger partial charge on any atom is -0.390 e. The Morgan fingerprint density at radius 3 is 2.21 bits per heavy atom. The minimum absolute atomic E-state index is 0.369.